The maximum atomic E-state index is 14.4. The van der Waals surface area contributed by atoms with E-state index < -0.39 is 36.9 Å². The minimum Gasteiger partial charge on any atom is -0.396 e. The van der Waals surface area contributed by atoms with Gasteiger partial charge in [0.2, 0.25) is 0 Å². The Hall–Kier alpha value is -1.84. The molecule has 0 unspecified atom stereocenters. The lowest BCUT2D eigenvalue weighted by atomic mass is 10.1. The van der Waals surface area contributed by atoms with Crippen LogP contribution in [0.1, 0.15) is 6.04 Å². The van der Waals surface area contributed by atoms with E-state index >= 15 is 0 Å². The van der Waals surface area contributed by atoms with E-state index in [2.05, 4.69) is 20.3 Å². The van der Waals surface area contributed by atoms with Crippen LogP contribution in [0.5, 0.6) is 0 Å². The Morgan fingerprint density at radius 1 is 1.29 bits per heavy atom. The van der Waals surface area contributed by atoms with Crippen molar-refractivity contribution in [2.75, 3.05) is 19.0 Å². The highest BCUT2D eigenvalue weighted by Crippen LogP contribution is 2.39. The smallest absolute Gasteiger partial charge is 0.165 e. The number of hydrogen-bond donors (Lipinski definition) is 4. The maximum absolute atomic E-state index is 14.4. The van der Waals surface area contributed by atoms with Crippen LogP contribution in [-0.2, 0) is 0 Å². The number of aromatic nitrogens is 4. The predicted molar refractivity (Wildman–Crippen MR) is 71.4 cm³/mol. The molecular formula is C12H16FN5O3. The molecule has 1 aliphatic carbocycles. The van der Waals surface area contributed by atoms with Crippen molar-refractivity contribution in [3.63, 3.8) is 0 Å². The van der Waals surface area contributed by atoms with Gasteiger partial charge in [-0.3, -0.25) is 0 Å². The number of rotatable bonds is 3. The van der Waals surface area contributed by atoms with Crippen molar-refractivity contribution >= 4 is 17.0 Å². The van der Waals surface area contributed by atoms with E-state index in [0.717, 1.165) is 0 Å². The average molecular weight is 297 g/mol. The molecule has 5 atom stereocenters. The highest BCUT2D eigenvalue weighted by atomic mass is 19.1. The van der Waals surface area contributed by atoms with Gasteiger partial charge in [-0.2, -0.15) is 0 Å². The van der Waals surface area contributed by atoms with Gasteiger partial charge in [-0.15, -0.1) is 0 Å². The number of aliphatic hydroxyl groups excluding tert-OH is 3. The van der Waals surface area contributed by atoms with E-state index in [1.165, 1.54) is 17.2 Å². The molecule has 8 nitrogen and oxygen atoms in total. The summed E-state index contributed by atoms with van der Waals surface area (Å²) in [5.41, 5.74) is 0.799. The molecule has 1 aliphatic rings. The summed E-state index contributed by atoms with van der Waals surface area (Å²) in [5, 5.41) is 31.9. The van der Waals surface area contributed by atoms with Gasteiger partial charge in [-0.1, -0.05) is 0 Å². The first-order chi connectivity index (χ1) is 10.1. The molecule has 3 rings (SSSR count). The van der Waals surface area contributed by atoms with Crippen LogP contribution in [0.2, 0.25) is 0 Å². The van der Waals surface area contributed by atoms with Crippen LogP contribution in [0.15, 0.2) is 12.7 Å². The standard InChI is InChI=1S/C12H16FN5O3/c1-14-11-7-12(16-3-15-11)18(4-17-7)8-6(13)5(2-19)9(20)10(8)21/h3-6,8-10,19-21H,2H2,1H3,(H,14,15,16)/t5-,6+,8+,9+,10-/m0/s1. The van der Waals surface area contributed by atoms with E-state index in [1.807, 2.05) is 0 Å². The van der Waals surface area contributed by atoms with Gasteiger partial charge in [0.05, 0.1) is 25.1 Å². The number of nitrogens with one attached hydrogen (secondary N) is 1. The number of anilines is 1. The van der Waals surface area contributed by atoms with Crippen molar-refractivity contribution in [3.8, 4) is 0 Å². The summed E-state index contributed by atoms with van der Waals surface area (Å²) in [6, 6.07) is -1.05. The van der Waals surface area contributed by atoms with Gasteiger partial charge >= 0.3 is 0 Å². The van der Waals surface area contributed by atoms with Gasteiger partial charge in [-0.25, -0.2) is 19.3 Å². The zero-order chi connectivity index (χ0) is 15.1. The molecule has 0 amide bonds. The summed E-state index contributed by atoms with van der Waals surface area (Å²) in [6.45, 7) is -0.542. The number of halogens is 1. The number of hydrogen-bond acceptors (Lipinski definition) is 7. The Morgan fingerprint density at radius 2 is 2.05 bits per heavy atom. The Morgan fingerprint density at radius 3 is 2.67 bits per heavy atom. The quantitative estimate of drug-likeness (QED) is 0.579. The molecule has 114 valence electrons. The van der Waals surface area contributed by atoms with Crippen molar-refractivity contribution in [2.24, 2.45) is 5.92 Å². The molecule has 0 spiro atoms. The number of imidazole rings is 1. The third-order valence-corrected chi connectivity index (χ3v) is 4.00. The monoisotopic (exact) mass is 297 g/mol. The molecule has 9 heteroatoms. The summed E-state index contributed by atoms with van der Waals surface area (Å²) >= 11 is 0. The van der Waals surface area contributed by atoms with Crippen molar-refractivity contribution in [2.45, 2.75) is 24.4 Å². The SMILES string of the molecule is CNc1ncnc2c1ncn2[C@H]1[C@H](O)[C@H](O)[C@@H](CO)[C@H]1F. The second-order valence-corrected chi connectivity index (χ2v) is 5.06. The Balaban J connectivity index is 2.09. The van der Waals surface area contributed by atoms with Crippen LogP contribution in [0.4, 0.5) is 10.2 Å². The lowest BCUT2D eigenvalue weighted by Crippen LogP contribution is -2.30. The van der Waals surface area contributed by atoms with Gasteiger partial charge in [-0.05, 0) is 0 Å². The van der Waals surface area contributed by atoms with Gasteiger partial charge < -0.3 is 25.2 Å². The molecule has 1 fully saturated rings. The van der Waals surface area contributed by atoms with E-state index in [0.29, 0.717) is 17.0 Å². The summed E-state index contributed by atoms with van der Waals surface area (Å²) < 4.78 is 15.8. The zero-order valence-electron chi connectivity index (χ0n) is 11.3. The minimum atomic E-state index is -1.61. The van der Waals surface area contributed by atoms with Crippen LogP contribution >= 0.6 is 0 Å². The molecule has 0 saturated heterocycles. The first-order valence-corrected chi connectivity index (χ1v) is 6.56. The van der Waals surface area contributed by atoms with Crippen molar-refractivity contribution in [1.82, 2.24) is 19.5 Å². The lowest BCUT2D eigenvalue weighted by Gasteiger charge is -2.19. The zero-order valence-corrected chi connectivity index (χ0v) is 11.3. The second kappa shape index (κ2) is 5.17. The van der Waals surface area contributed by atoms with Crippen molar-refractivity contribution < 1.29 is 19.7 Å². The maximum Gasteiger partial charge on any atom is 0.165 e. The third-order valence-electron chi connectivity index (χ3n) is 4.00. The Kier molecular flexibility index (Phi) is 3.47. The van der Waals surface area contributed by atoms with Gasteiger partial charge in [0.1, 0.15) is 24.1 Å². The number of nitrogens with zero attached hydrogens (tertiary/aromatic N) is 4. The van der Waals surface area contributed by atoms with E-state index in [4.69, 9.17) is 5.11 Å². The molecule has 2 aromatic heterocycles. The first-order valence-electron chi connectivity index (χ1n) is 6.56. The summed E-state index contributed by atoms with van der Waals surface area (Å²) in [6.07, 6.45) is -1.63. The van der Waals surface area contributed by atoms with E-state index in [9.17, 15) is 14.6 Å². The van der Waals surface area contributed by atoms with Gasteiger partial charge in [0.15, 0.2) is 11.5 Å². The van der Waals surface area contributed by atoms with Crippen LogP contribution in [0, 0.1) is 5.92 Å². The lowest BCUT2D eigenvalue weighted by molar-refractivity contribution is -0.00496. The highest BCUT2D eigenvalue weighted by molar-refractivity contribution is 5.82. The topological polar surface area (TPSA) is 116 Å². The molecule has 2 aromatic rings. The molecule has 0 aromatic carbocycles. The first kappa shape index (κ1) is 14.1. The highest BCUT2D eigenvalue weighted by Gasteiger charge is 2.51. The second-order valence-electron chi connectivity index (χ2n) is 5.06. The molecule has 0 aliphatic heterocycles. The van der Waals surface area contributed by atoms with E-state index in [-0.39, 0.29) is 0 Å². The Labute approximate surface area is 119 Å². The predicted octanol–water partition coefficient (Wildman–Crippen LogP) is -0.909. The van der Waals surface area contributed by atoms with E-state index in [1.54, 1.807) is 7.05 Å². The van der Waals surface area contributed by atoms with Gasteiger partial charge in [0, 0.05) is 13.0 Å². The van der Waals surface area contributed by atoms with Crippen molar-refractivity contribution in [3.05, 3.63) is 12.7 Å². The largest absolute Gasteiger partial charge is 0.396 e. The minimum absolute atomic E-state index is 0.354. The molecular weight excluding hydrogens is 281 g/mol. The molecule has 2 heterocycles. The average Bonchev–Trinajstić information content (AvgIpc) is 2.99. The normalized spacial score (nSPS) is 32.7. The number of fused-ring (bicyclic) bond motifs is 1. The molecule has 0 bridgehead atoms. The van der Waals surface area contributed by atoms with Crippen LogP contribution < -0.4 is 5.32 Å². The summed E-state index contributed by atoms with van der Waals surface area (Å²) in [5.74, 6) is -0.547. The number of aliphatic hydroxyl groups is 3. The molecule has 0 radical (unpaired) electrons. The fraction of sp³-hybridized carbons (Fsp3) is 0.583. The summed E-state index contributed by atoms with van der Waals surface area (Å²) in [4.78, 5) is 12.2. The van der Waals surface area contributed by atoms with Crippen molar-refractivity contribution in [1.29, 1.82) is 0 Å². The summed E-state index contributed by atoms with van der Waals surface area (Å²) in [7, 11) is 1.68. The number of alkyl halides is 1. The molecule has 21 heavy (non-hydrogen) atoms. The van der Waals surface area contributed by atoms with Crippen LogP contribution in [0.25, 0.3) is 11.2 Å². The fourth-order valence-corrected chi connectivity index (χ4v) is 2.87. The van der Waals surface area contributed by atoms with Crippen LogP contribution in [0.3, 0.4) is 0 Å². The Bertz CT molecular complexity index is 651. The molecule has 1 saturated carbocycles. The third kappa shape index (κ3) is 1.96. The van der Waals surface area contributed by atoms with Gasteiger partial charge in [0.25, 0.3) is 0 Å². The molecule has 4 N–H and O–H groups in total. The van der Waals surface area contributed by atoms with Crippen LogP contribution in [-0.4, -0.2) is 66.9 Å². The fourth-order valence-electron chi connectivity index (χ4n) is 2.87.